The largest absolute Gasteiger partial charge is 0.481 e. The number of urea groups is 1. The summed E-state index contributed by atoms with van der Waals surface area (Å²) in [5, 5.41) is 21.9. The number of rotatable bonds is 10. The van der Waals surface area contributed by atoms with Gasteiger partial charge >= 0.3 is 12.0 Å². The van der Waals surface area contributed by atoms with Gasteiger partial charge < -0.3 is 21.5 Å². The first-order valence-electron chi connectivity index (χ1n) is 9.05. The maximum Gasteiger partial charge on any atom is 0.315 e. The number of aromatic nitrogens is 1. The fraction of sp³-hybridized carbons (Fsp3) is 0.300. The number of nitrogens with one attached hydrogen (secondary N) is 3. The van der Waals surface area contributed by atoms with Crippen LogP contribution in [0.15, 0.2) is 48.8 Å². The van der Waals surface area contributed by atoms with E-state index in [-0.39, 0.29) is 12.3 Å². The molecule has 1 heterocycles. The average Bonchev–Trinajstić information content (AvgIpc) is 2.68. The van der Waals surface area contributed by atoms with E-state index in [1.165, 1.54) is 0 Å². The topological polar surface area (TPSA) is 141 Å². The van der Waals surface area contributed by atoms with Crippen molar-refractivity contribution in [3.05, 3.63) is 65.5 Å². The zero-order valence-corrected chi connectivity index (χ0v) is 15.5. The number of carboxylic acid groups (broad SMARTS) is 1. The summed E-state index contributed by atoms with van der Waals surface area (Å²) in [6, 6.07) is 9.94. The SMILES string of the molecule is N=C(N)c1ccc(CCCCNC(=O)NC(CC(=O)O)c2cccnc2)cc1. The first kappa shape index (κ1) is 20.9. The van der Waals surface area contributed by atoms with Gasteiger partial charge in [0.2, 0.25) is 0 Å². The average molecular weight is 383 g/mol. The summed E-state index contributed by atoms with van der Waals surface area (Å²) in [5.41, 5.74) is 7.92. The third kappa shape index (κ3) is 7.06. The number of amides is 2. The Bertz CT molecular complexity index is 793. The molecule has 148 valence electrons. The van der Waals surface area contributed by atoms with Crippen LogP contribution in [0, 0.1) is 5.41 Å². The third-order valence-electron chi connectivity index (χ3n) is 4.21. The molecule has 0 aliphatic carbocycles. The number of aryl methyl sites for hydroxylation is 1. The van der Waals surface area contributed by atoms with Crippen LogP contribution in [0.4, 0.5) is 4.79 Å². The maximum atomic E-state index is 12.1. The van der Waals surface area contributed by atoms with Gasteiger partial charge in [0, 0.05) is 24.5 Å². The second-order valence-corrected chi connectivity index (χ2v) is 6.40. The Morgan fingerprint density at radius 3 is 2.54 bits per heavy atom. The van der Waals surface area contributed by atoms with Crippen molar-refractivity contribution >= 4 is 17.8 Å². The molecule has 1 atom stereocenters. The number of hydrogen-bond acceptors (Lipinski definition) is 4. The number of carboxylic acids is 1. The van der Waals surface area contributed by atoms with Crippen LogP contribution < -0.4 is 16.4 Å². The number of nitrogens with zero attached hydrogens (tertiary/aromatic N) is 1. The first-order valence-corrected chi connectivity index (χ1v) is 9.05. The van der Waals surface area contributed by atoms with Gasteiger partial charge in [0.1, 0.15) is 5.84 Å². The molecule has 8 nitrogen and oxygen atoms in total. The van der Waals surface area contributed by atoms with Gasteiger partial charge in [-0.25, -0.2) is 4.79 Å². The lowest BCUT2D eigenvalue weighted by Gasteiger charge is -2.17. The Labute approximate surface area is 163 Å². The highest BCUT2D eigenvalue weighted by molar-refractivity contribution is 5.94. The minimum atomic E-state index is -0.995. The molecule has 0 fully saturated rings. The summed E-state index contributed by atoms with van der Waals surface area (Å²) in [5.74, 6) is -0.945. The van der Waals surface area contributed by atoms with E-state index in [9.17, 15) is 9.59 Å². The van der Waals surface area contributed by atoms with Gasteiger partial charge in [0.15, 0.2) is 0 Å². The fourth-order valence-electron chi connectivity index (χ4n) is 2.73. The molecule has 6 N–H and O–H groups in total. The van der Waals surface area contributed by atoms with Crippen LogP contribution in [-0.2, 0) is 11.2 Å². The van der Waals surface area contributed by atoms with Crippen LogP contribution in [-0.4, -0.2) is 34.5 Å². The van der Waals surface area contributed by atoms with E-state index in [0.29, 0.717) is 17.7 Å². The van der Waals surface area contributed by atoms with E-state index in [1.807, 2.05) is 24.3 Å². The number of hydrogen-bond donors (Lipinski definition) is 5. The molecule has 0 bridgehead atoms. The van der Waals surface area contributed by atoms with Crippen molar-refractivity contribution < 1.29 is 14.7 Å². The Morgan fingerprint density at radius 1 is 1.18 bits per heavy atom. The molecule has 1 aromatic heterocycles. The number of carbonyl (C=O) groups excluding carboxylic acids is 1. The second kappa shape index (κ2) is 10.7. The van der Waals surface area contributed by atoms with Crippen molar-refractivity contribution in [3.63, 3.8) is 0 Å². The van der Waals surface area contributed by atoms with Crippen LogP contribution in [0.2, 0.25) is 0 Å². The number of amidine groups is 1. The van der Waals surface area contributed by atoms with Crippen molar-refractivity contribution in [2.75, 3.05) is 6.54 Å². The summed E-state index contributed by atoms with van der Waals surface area (Å²) in [7, 11) is 0. The van der Waals surface area contributed by atoms with Gasteiger partial charge in [-0.05, 0) is 36.5 Å². The predicted octanol–water partition coefficient (Wildman–Crippen LogP) is 2.20. The highest BCUT2D eigenvalue weighted by atomic mass is 16.4. The fourth-order valence-corrected chi connectivity index (χ4v) is 2.73. The second-order valence-electron chi connectivity index (χ2n) is 6.40. The first-order chi connectivity index (χ1) is 13.5. The number of nitrogens with two attached hydrogens (primary N) is 1. The van der Waals surface area contributed by atoms with Crippen LogP contribution in [0.1, 0.15) is 42.0 Å². The van der Waals surface area contributed by atoms with Gasteiger partial charge in [-0.15, -0.1) is 0 Å². The van der Waals surface area contributed by atoms with Crippen LogP contribution in [0.3, 0.4) is 0 Å². The van der Waals surface area contributed by atoms with Gasteiger partial charge in [-0.1, -0.05) is 30.3 Å². The summed E-state index contributed by atoms with van der Waals surface area (Å²) in [6.07, 6.45) is 5.47. The molecular weight excluding hydrogens is 358 g/mol. The van der Waals surface area contributed by atoms with Gasteiger partial charge in [-0.3, -0.25) is 15.2 Å². The lowest BCUT2D eigenvalue weighted by atomic mass is 10.1. The summed E-state index contributed by atoms with van der Waals surface area (Å²) >= 11 is 0. The van der Waals surface area contributed by atoms with Crippen LogP contribution in [0.25, 0.3) is 0 Å². The molecule has 1 aromatic carbocycles. The molecule has 0 radical (unpaired) electrons. The zero-order valence-electron chi connectivity index (χ0n) is 15.5. The number of carbonyl (C=O) groups is 2. The van der Waals surface area contributed by atoms with Crippen LogP contribution >= 0.6 is 0 Å². The molecule has 28 heavy (non-hydrogen) atoms. The molecule has 8 heteroatoms. The highest BCUT2D eigenvalue weighted by Gasteiger charge is 2.17. The third-order valence-corrected chi connectivity index (χ3v) is 4.21. The molecule has 2 amide bonds. The predicted molar refractivity (Wildman–Crippen MR) is 106 cm³/mol. The number of aliphatic carboxylic acids is 1. The normalized spacial score (nSPS) is 11.4. The van der Waals surface area contributed by atoms with Crippen molar-refractivity contribution in [3.8, 4) is 0 Å². The Balaban J connectivity index is 1.72. The molecule has 0 aliphatic heterocycles. The van der Waals surface area contributed by atoms with E-state index in [4.69, 9.17) is 16.2 Å². The number of unbranched alkanes of at least 4 members (excludes halogenated alkanes) is 1. The molecular formula is C20H25N5O3. The number of nitrogen functional groups attached to an aromatic ring is 1. The summed E-state index contributed by atoms with van der Waals surface area (Å²) in [6.45, 7) is 0.490. The molecule has 0 saturated carbocycles. The number of benzene rings is 1. The molecule has 0 saturated heterocycles. The van der Waals surface area contributed by atoms with Gasteiger partial charge in [0.25, 0.3) is 0 Å². The lowest BCUT2D eigenvalue weighted by Crippen LogP contribution is -2.39. The van der Waals surface area contributed by atoms with Crippen molar-refractivity contribution in [2.45, 2.75) is 31.7 Å². The molecule has 0 spiro atoms. The lowest BCUT2D eigenvalue weighted by molar-refractivity contribution is -0.137. The monoisotopic (exact) mass is 383 g/mol. The van der Waals surface area contributed by atoms with Crippen molar-refractivity contribution in [1.29, 1.82) is 5.41 Å². The van der Waals surface area contributed by atoms with Crippen LogP contribution in [0.5, 0.6) is 0 Å². The molecule has 2 aromatic rings. The van der Waals surface area contributed by atoms with Crippen molar-refractivity contribution in [2.24, 2.45) is 5.73 Å². The Hall–Kier alpha value is -3.42. The smallest absolute Gasteiger partial charge is 0.315 e. The number of pyridine rings is 1. The van der Waals surface area contributed by atoms with E-state index in [2.05, 4.69) is 15.6 Å². The van der Waals surface area contributed by atoms with Gasteiger partial charge in [-0.2, -0.15) is 0 Å². The van der Waals surface area contributed by atoms with E-state index in [1.54, 1.807) is 24.5 Å². The minimum absolute atomic E-state index is 0.0502. The Kier molecular flexibility index (Phi) is 7.95. The van der Waals surface area contributed by atoms with E-state index in [0.717, 1.165) is 24.8 Å². The molecule has 2 rings (SSSR count). The summed E-state index contributed by atoms with van der Waals surface area (Å²) in [4.78, 5) is 27.1. The van der Waals surface area contributed by atoms with E-state index >= 15 is 0 Å². The Morgan fingerprint density at radius 2 is 1.93 bits per heavy atom. The zero-order chi connectivity index (χ0) is 20.4. The minimum Gasteiger partial charge on any atom is -0.481 e. The molecule has 1 unspecified atom stereocenters. The summed E-state index contributed by atoms with van der Waals surface area (Å²) < 4.78 is 0. The molecule has 0 aliphatic rings. The van der Waals surface area contributed by atoms with Crippen molar-refractivity contribution in [1.82, 2.24) is 15.6 Å². The van der Waals surface area contributed by atoms with Gasteiger partial charge in [0.05, 0.1) is 12.5 Å². The quantitative estimate of drug-likeness (QED) is 0.243. The maximum absolute atomic E-state index is 12.1. The van der Waals surface area contributed by atoms with E-state index < -0.39 is 18.0 Å². The highest BCUT2D eigenvalue weighted by Crippen LogP contribution is 2.15. The standard InChI is InChI=1S/C20H25N5O3/c21-19(22)15-8-6-14(7-9-15)4-1-2-11-24-20(28)25-17(12-18(26)27)16-5-3-10-23-13-16/h3,5-10,13,17H,1-2,4,11-12H2,(H3,21,22)(H,26,27)(H2,24,25,28).